The molecule has 0 N–H and O–H groups in total. The Kier molecular flexibility index (Phi) is 13.0. The van der Waals surface area contributed by atoms with Crippen LogP contribution >= 0.6 is 0 Å². The minimum Gasteiger partial charge on any atom is -0.457 e. The zero-order valence-electron chi connectivity index (χ0n) is 61.0. The normalized spacial score (nSPS) is 15.0. The van der Waals surface area contributed by atoms with Gasteiger partial charge in [-0.1, -0.05) is 268 Å². The van der Waals surface area contributed by atoms with Crippen LogP contribution in [-0.2, 0) is 27.1 Å². The number of hydrogen-bond acceptors (Lipinski definition) is 5. The standard InChI is InChI=1S/C86H86N4OSi/c1-82(2,3)60-29-23-28-57(47-60)58-46-59(49-64(48-58)86(13,14)15)69-33-25-32-68(56-26-17-16-18-27-56)81(69)89-55-88(72-34-19-20-35-73(72)89)65-30-24-31-66(53-65)91-67-40-43-77-75(54-67)90(80-52-63(44-45-87-80)85(10,11)12)74-36-21-22-37-76(74)92(77)78-50-61(83(4,5)6)38-41-70(78)71-42-39-62(51-79(71)92)84(7,8)9/h16-54H,55H2,1-15H3/i16D,17D,18D,26D,27D. The fourth-order valence-electron chi connectivity index (χ4n) is 14.1. The van der Waals surface area contributed by atoms with Gasteiger partial charge in [-0.3, -0.25) is 4.90 Å². The first-order valence-corrected chi connectivity index (χ1v) is 34.5. The van der Waals surface area contributed by atoms with Crippen LogP contribution in [0.25, 0.3) is 44.5 Å². The molecule has 3 aliphatic heterocycles. The summed E-state index contributed by atoms with van der Waals surface area (Å²) < 4.78 is 52.9. The summed E-state index contributed by atoms with van der Waals surface area (Å²) in [4.78, 5) is 12.2. The number of nitrogens with zero attached hydrogens (tertiary/aromatic N) is 4. The lowest BCUT2D eigenvalue weighted by Gasteiger charge is -2.44. The molecule has 0 radical (unpaired) electrons. The number of ether oxygens (including phenoxy) is 1. The molecule has 0 amide bonds. The van der Waals surface area contributed by atoms with Crippen LogP contribution in [-0.4, -0.2) is 19.7 Å². The van der Waals surface area contributed by atoms with Gasteiger partial charge < -0.3 is 14.5 Å². The number of rotatable bonds is 8. The molecule has 0 unspecified atom stereocenters. The van der Waals surface area contributed by atoms with Gasteiger partial charge in [-0.05, 0) is 164 Å². The monoisotopic (exact) mass is 1220 g/mol. The van der Waals surface area contributed by atoms with E-state index in [1.54, 1.807) is 0 Å². The van der Waals surface area contributed by atoms with Gasteiger partial charge in [-0.15, -0.1) is 0 Å². The molecule has 5 nitrogen and oxygen atoms in total. The van der Waals surface area contributed by atoms with E-state index in [9.17, 15) is 2.74 Å². The fraction of sp³-hybridized carbons (Fsp3) is 0.244. The molecule has 0 aliphatic carbocycles. The van der Waals surface area contributed by atoms with Gasteiger partial charge in [0.2, 0.25) is 0 Å². The van der Waals surface area contributed by atoms with Crippen LogP contribution in [0.4, 0.5) is 39.9 Å². The third kappa shape index (κ3) is 10.4. The molecule has 6 heteroatoms. The van der Waals surface area contributed by atoms with Crippen molar-refractivity contribution in [3.8, 4) is 56.0 Å². The van der Waals surface area contributed by atoms with Crippen LogP contribution in [0.5, 0.6) is 11.5 Å². The summed E-state index contributed by atoms with van der Waals surface area (Å²) in [6.07, 6.45) is 1.96. The average Bonchev–Trinajstić information content (AvgIpc) is 1.57. The van der Waals surface area contributed by atoms with Crippen molar-refractivity contribution in [2.24, 2.45) is 0 Å². The highest BCUT2D eigenvalue weighted by atomic mass is 28.3. The maximum absolute atomic E-state index is 9.49. The van der Waals surface area contributed by atoms with Crippen LogP contribution in [0.2, 0.25) is 0 Å². The van der Waals surface area contributed by atoms with E-state index in [-0.39, 0.29) is 56.8 Å². The Hall–Kier alpha value is -9.23. The topological polar surface area (TPSA) is 31.8 Å². The molecule has 92 heavy (non-hydrogen) atoms. The summed E-state index contributed by atoms with van der Waals surface area (Å²) >= 11 is 0. The van der Waals surface area contributed by atoms with Crippen LogP contribution in [0.1, 0.15) is 139 Å². The van der Waals surface area contributed by atoms with Crippen molar-refractivity contribution in [1.82, 2.24) is 4.98 Å². The quantitative estimate of drug-likeness (QED) is 0.142. The zero-order valence-corrected chi connectivity index (χ0v) is 57.0. The van der Waals surface area contributed by atoms with Crippen LogP contribution in [0.3, 0.4) is 0 Å². The lowest BCUT2D eigenvalue weighted by molar-refractivity contribution is 0.483. The summed E-state index contributed by atoms with van der Waals surface area (Å²) in [6.45, 7) is 34.4. The molecule has 0 atom stereocenters. The largest absolute Gasteiger partial charge is 0.457 e. The Morgan fingerprint density at radius 2 is 0.902 bits per heavy atom. The van der Waals surface area contributed by atoms with Crippen molar-refractivity contribution in [2.75, 3.05) is 21.4 Å². The number of para-hydroxylation sites is 4. The van der Waals surface area contributed by atoms with E-state index in [1.165, 1.54) is 54.1 Å². The SMILES string of the molecule is [2H]c1c([2H])c([2H])c(-c2cccc(-c3cc(-c4cccc(C(C)(C)C)c4)cc(C(C)(C)C)c3)c2N2CN(c3cccc(Oc4ccc5c(c4)N(c4cc(C(C)(C)C)ccn4)c4ccccc4[Si]54c5cc(C(C)(C)C)ccc5-c5ccc(C(C)(C)C)cc54)c3)c3ccccc32)c([2H])c1[2H]. The summed E-state index contributed by atoms with van der Waals surface area (Å²) in [6, 6.07) is 71.4. The van der Waals surface area contributed by atoms with E-state index in [4.69, 9.17) is 13.8 Å². The Morgan fingerprint density at radius 1 is 0.370 bits per heavy atom. The van der Waals surface area contributed by atoms with Gasteiger partial charge in [-0.25, -0.2) is 4.98 Å². The molecule has 10 aromatic carbocycles. The minimum atomic E-state index is -3.15. The summed E-state index contributed by atoms with van der Waals surface area (Å²) in [7, 11) is -3.15. The second-order valence-electron chi connectivity index (χ2n) is 30.6. The number of anilines is 7. The van der Waals surface area contributed by atoms with Gasteiger partial charge in [0.1, 0.15) is 24.0 Å². The first-order chi connectivity index (χ1) is 45.8. The Bertz CT molecular complexity index is 4930. The van der Waals surface area contributed by atoms with Crippen molar-refractivity contribution in [3.63, 3.8) is 0 Å². The summed E-state index contributed by atoms with van der Waals surface area (Å²) in [5, 5.41) is 5.41. The highest BCUT2D eigenvalue weighted by Gasteiger charge is 2.55. The lowest BCUT2D eigenvalue weighted by atomic mass is 9.81. The van der Waals surface area contributed by atoms with Crippen LogP contribution < -0.4 is 40.2 Å². The molecule has 4 heterocycles. The Balaban J connectivity index is 0.926. The maximum atomic E-state index is 9.49. The molecule has 0 fully saturated rings. The third-order valence-electron chi connectivity index (χ3n) is 19.2. The molecule has 0 saturated heterocycles. The predicted octanol–water partition coefficient (Wildman–Crippen LogP) is 20.8. The van der Waals surface area contributed by atoms with E-state index in [1.807, 2.05) is 36.5 Å². The average molecular weight is 1220 g/mol. The van der Waals surface area contributed by atoms with E-state index < -0.39 is 14.1 Å². The van der Waals surface area contributed by atoms with Crippen molar-refractivity contribution in [1.29, 1.82) is 0 Å². The molecular formula is C86H86N4OSi. The highest BCUT2D eigenvalue weighted by molar-refractivity contribution is 7.23. The lowest BCUT2D eigenvalue weighted by Crippen LogP contribution is -2.75. The van der Waals surface area contributed by atoms with E-state index in [0.717, 1.165) is 67.8 Å². The molecule has 0 saturated carbocycles. The van der Waals surface area contributed by atoms with Crippen LogP contribution in [0, 0.1) is 0 Å². The number of aromatic nitrogens is 1. The third-order valence-corrected chi connectivity index (χ3v) is 24.1. The van der Waals surface area contributed by atoms with Gasteiger partial charge in [0.05, 0.1) is 29.6 Å². The van der Waals surface area contributed by atoms with Crippen molar-refractivity contribution >= 4 is 68.8 Å². The van der Waals surface area contributed by atoms with Crippen molar-refractivity contribution in [2.45, 2.75) is 131 Å². The van der Waals surface area contributed by atoms with Crippen LogP contribution in [0.15, 0.2) is 237 Å². The second kappa shape index (κ2) is 22.0. The molecule has 0 bridgehead atoms. The van der Waals surface area contributed by atoms with Crippen molar-refractivity contribution < 1.29 is 11.6 Å². The van der Waals surface area contributed by atoms with Gasteiger partial charge in [-0.2, -0.15) is 0 Å². The van der Waals surface area contributed by atoms with Crippen molar-refractivity contribution in [3.05, 3.63) is 264 Å². The minimum absolute atomic E-state index is 0.0724. The first kappa shape index (κ1) is 54.5. The summed E-state index contributed by atoms with van der Waals surface area (Å²) in [5.41, 5.74) is 18.4. The molecule has 460 valence electrons. The Labute approximate surface area is 555 Å². The molecule has 1 spiro atoms. The maximum Gasteiger partial charge on any atom is 0.185 e. The van der Waals surface area contributed by atoms with Gasteiger partial charge in [0.15, 0.2) is 8.07 Å². The smallest absolute Gasteiger partial charge is 0.185 e. The van der Waals surface area contributed by atoms with Gasteiger partial charge >= 0.3 is 0 Å². The number of benzene rings is 10. The number of pyridine rings is 1. The molecule has 11 aromatic rings. The molecular weight excluding hydrogens is 1130 g/mol. The van der Waals surface area contributed by atoms with Gasteiger partial charge in [0, 0.05) is 40.8 Å². The fourth-order valence-corrected chi connectivity index (χ4v) is 19.7. The number of fused-ring (bicyclic) bond motifs is 10. The first-order valence-electron chi connectivity index (χ1n) is 35.0. The van der Waals surface area contributed by atoms with E-state index >= 15 is 0 Å². The van der Waals surface area contributed by atoms with Gasteiger partial charge in [0.25, 0.3) is 0 Å². The second-order valence-corrected chi connectivity index (χ2v) is 34.3. The number of hydrogen-bond donors (Lipinski definition) is 0. The molecule has 1 aromatic heterocycles. The summed E-state index contributed by atoms with van der Waals surface area (Å²) in [5.74, 6) is 2.18. The van der Waals surface area contributed by atoms with E-state index in [0.29, 0.717) is 23.7 Å². The Morgan fingerprint density at radius 3 is 1.55 bits per heavy atom. The zero-order chi connectivity index (χ0) is 68.8. The van der Waals surface area contributed by atoms with E-state index in [2.05, 4.69) is 288 Å². The highest BCUT2D eigenvalue weighted by Crippen LogP contribution is 2.52. The molecule has 3 aliphatic rings. The molecule has 14 rings (SSSR count). The predicted molar refractivity (Wildman–Crippen MR) is 393 cm³/mol.